The molecule has 136 valence electrons. The number of hydrogen-bond donors (Lipinski definition) is 0. The smallest absolute Gasteiger partial charge is 0.408 e. The first-order chi connectivity index (χ1) is 12.5. The van der Waals surface area contributed by atoms with E-state index in [0.29, 0.717) is 11.1 Å². The molecule has 0 aliphatic carbocycles. The van der Waals surface area contributed by atoms with Gasteiger partial charge in [0.15, 0.2) is 5.58 Å². The highest BCUT2D eigenvalue weighted by Crippen LogP contribution is 2.13. The van der Waals surface area contributed by atoms with Crippen molar-refractivity contribution in [3.8, 4) is 0 Å². The molecule has 0 unspecified atom stereocenters. The van der Waals surface area contributed by atoms with Crippen LogP contribution in [-0.4, -0.2) is 28.3 Å². The molecule has 0 aliphatic rings. The molecule has 3 rings (SSSR count). The van der Waals surface area contributed by atoms with Crippen molar-refractivity contribution in [3.63, 3.8) is 0 Å². The van der Waals surface area contributed by atoms with Gasteiger partial charge >= 0.3 is 5.76 Å². The summed E-state index contributed by atoms with van der Waals surface area (Å²) in [6, 6.07) is 15.8. The van der Waals surface area contributed by atoms with E-state index in [2.05, 4.69) is 0 Å². The summed E-state index contributed by atoms with van der Waals surface area (Å²) in [7, 11) is 0. The van der Waals surface area contributed by atoms with Crippen molar-refractivity contribution < 1.29 is 18.0 Å². The third-order valence-electron chi connectivity index (χ3n) is 4.05. The van der Waals surface area contributed by atoms with E-state index >= 15 is 0 Å². The quantitative estimate of drug-likeness (QED) is 0.650. The fourth-order valence-corrected chi connectivity index (χ4v) is 2.82. The molecule has 1 aromatic heterocycles. The van der Waals surface area contributed by atoms with E-state index in [1.165, 1.54) is 4.57 Å². The van der Waals surface area contributed by atoms with Crippen LogP contribution >= 0.6 is 0 Å². The van der Waals surface area contributed by atoms with Gasteiger partial charge in [0.05, 0.1) is 12.1 Å². The Morgan fingerprint density at radius 3 is 2.50 bits per heavy atom. The van der Waals surface area contributed by atoms with Crippen LogP contribution in [0.3, 0.4) is 0 Å². The summed E-state index contributed by atoms with van der Waals surface area (Å²) >= 11 is 0. The van der Waals surface area contributed by atoms with E-state index in [1.54, 1.807) is 48.5 Å². The summed E-state index contributed by atoms with van der Waals surface area (Å²) in [5.41, 5.74) is 1.78. The highest BCUT2D eigenvalue weighted by Gasteiger charge is 2.19. The summed E-state index contributed by atoms with van der Waals surface area (Å²) in [6.45, 7) is -0.469. The molecule has 1 heterocycles. The number of benzene rings is 2. The molecule has 0 aliphatic heterocycles. The number of fused-ring (bicyclic) bond motifs is 1. The maximum absolute atomic E-state index is 12.9. The number of alkyl halides is 2. The highest BCUT2D eigenvalue weighted by molar-refractivity contribution is 5.77. The van der Waals surface area contributed by atoms with Crippen molar-refractivity contribution >= 4 is 17.0 Å². The fraction of sp³-hybridized carbons (Fsp3) is 0.263. The average molecular weight is 360 g/mol. The van der Waals surface area contributed by atoms with Gasteiger partial charge in [-0.25, -0.2) is 13.6 Å². The fourth-order valence-electron chi connectivity index (χ4n) is 2.82. The lowest BCUT2D eigenvalue weighted by atomic mass is 10.2. The van der Waals surface area contributed by atoms with Gasteiger partial charge in [-0.1, -0.05) is 42.5 Å². The maximum atomic E-state index is 12.9. The number of rotatable bonds is 7. The van der Waals surface area contributed by atoms with E-state index in [-0.39, 0.29) is 19.5 Å². The Morgan fingerprint density at radius 1 is 1.08 bits per heavy atom. The Hall–Kier alpha value is -2.96. The molecule has 0 saturated heterocycles. The van der Waals surface area contributed by atoms with Crippen LogP contribution in [0.4, 0.5) is 8.78 Å². The van der Waals surface area contributed by atoms with Gasteiger partial charge in [-0.3, -0.25) is 9.36 Å². The molecule has 0 N–H and O–H groups in total. The van der Waals surface area contributed by atoms with E-state index in [0.717, 1.165) is 10.5 Å². The van der Waals surface area contributed by atoms with E-state index in [9.17, 15) is 18.4 Å². The molecule has 0 bridgehead atoms. The molecule has 0 spiro atoms. The number of aromatic nitrogens is 1. The standard InChI is InChI=1S/C19H18F2N2O3/c20-17(21)13-22(12-14-6-2-1-3-7-14)18(24)10-11-23-15-8-4-5-9-16(15)26-19(23)25/h1-9,17H,10-13H2. The van der Waals surface area contributed by atoms with Crippen LogP contribution in [-0.2, 0) is 17.9 Å². The van der Waals surface area contributed by atoms with E-state index < -0.39 is 24.6 Å². The number of para-hydroxylation sites is 2. The Morgan fingerprint density at radius 2 is 1.77 bits per heavy atom. The SMILES string of the molecule is O=C(CCn1c(=O)oc2ccccc21)N(Cc1ccccc1)CC(F)F. The van der Waals surface area contributed by atoms with Crippen molar-refractivity contribution in [2.75, 3.05) is 6.54 Å². The van der Waals surface area contributed by atoms with Crippen molar-refractivity contribution in [3.05, 3.63) is 70.7 Å². The lowest BCUT2D eigenvalue weighted by molar-refractivity contribution is -0.134. The van der Waals surface area contributed by atoms with Crippen LogP contribution in [0.15, 0.2) is 63.8 Å². The molecule has 0 radical (unpaired) electrons. The zero-order chi connectivity index (χ0) is 18.5. The van der Waals surface area contributed by atoms with Gasteiger partial charge in [0.2, 0.25) is 5.91 Å². The molecule has 1 amide bonds. The minimum absolute atomic E-state index is 0.0665. The Labute approximate surface area is 148 Å². The van der Waals surface area contributed by atoms with Gasteiger partial charge in [0.1, 0.15) is 0 Å². The number of carbonyl (C=O) groups is 1. The Kier molecular flexibility index (Phi) is 5.46. The topological polar surface area (TPSA) is 55.5 Å². The van der Waals surface area contributed by atoms with Crippen molar-refractivity contribution in [2.24, 2.45) is 0 Å². The van der Waals surface area contributed by atoms with E-state index in [4.69, 9.17) is 4.42 Å². The Balaban J connectivity index is 1.72. The number of oxazole rings is 1. The van der Waals surface area contributed by atoms with Crippen molar-refractivity contribution in [1.29, 1.82) is 0 Å². The van der Waals surface area contributed by atoms with Crippen LogP contribution in [0, 0.1) is 0 Å². The van der Waals surface area contributed by atoms with Gasteiger partial charge in [0, 0.05) is 19.5 Å². The lowest BCUT2D eigenvalue weighted by Crippen LogP contribution is -2.35. The molecule has 26 heavy (non-hydrogen) atoms. The predicted molar refractivity (Wildman–Crippen MR) is 93.0 cm³/mol. The second-order valence-electron chi connectivity index (χ2n) is 5.89. The largest absolute Gasteiger partial charge is 0.419 e. The monoisotopic (exact) mass is 360 g/mol. The van der Waals surface area contributed by atoms with Crippen LogP contribution in [0.25, 0.3) is 11.1 Å². The van der Waals surface area contributed by atoms with Crippen molar-refractivity contribution in [2.45, 2.75) is 25.9 Å². The zero-order valence-electron chi connectivity index (χ0n) is 14.0. The van der Waals surface area contributed by atoms with Crippen LogP contribution in [0.2, 0.25) is 0 Å². The molecule has 0 atom stereocenters. The third-order valence-corrected chi connectivity index (χ3v) is 4.05. The molecular formula is C19H18F2N2O3. The summed E-state index contributed by atoms with van der Waals surface area (Å²) in [5, 5.41) is 0. The van der Waals surface area contributed by atoms with Crippen LogP contribution < -0.4 is 5.76 Å². The van der Waals surface area contributed by atoms with Gasteiger partial charge in [-0.15, -0.1) is 0 Å². The first kappa shape index (κ1) is 17.8. The highest BCUT2D eigenvalue weighted by atomic mass is 19.3. The molecular weight excluding hydrogens is 342 g/mol. The second-order valence-corrected chi connectivity index (χ2v) is 5.89. The number of hydrogen-bond acceptors (Lipinski definition) is 3. The maximum Gasteiger partial charge on any atom is 0.419 e. The Bertz CT molecular complexity index is 935. The second kappa shape index (κ2) is 7.95. The molecule has 0 fully saturated rings. The van der Waals surface area contributed by atoms with Gasteiger partial charge < -0.3 is 9.32 Å². The van der Waals surface area contributed by atoms with E-state index in [1.807, 2.05) is 6.07 Å². The van der Waals surface area contributed by atoms with Crippen LogP contribution in [0.1, 0.15) is 12.0 Å². The number of aryl methyl sites for hydroxylation is 1. The first-order valence-electron chi connectivity index (χ1n) is 8.23. The summed E-state index contributed by atoms with van der Waals surface area (Å²) < 4.78 is 32.2. The summed E-state index contributed by atoms with van der Waals surface area (Å²) in [6.07, 6.45) is -2.69. The molecule has 2 aromatic carbocycles. The molecule has 5 nitrogen and oxygen atoms in total. The summed E-state index contributed by atoms with van der Waals surface area (Å²) in [5.74, 6) is -1.01. The van der Waals surface area contributed by atoms with Crippen molar-refractivity contribution in [1.82, 2.24) is 9.47 Å². The average Bonchev–Trinajstić information content (AvgIpc) is 2.95. The number of halogens is 2. The first-order valence-corrected chi connectivity index (χ1v) is 8.23. The molecule has 0 saturated carbocycles. The van der Waals surface area contributed by atoms with Crippen LogP contribution in [0.5, 0.6) is 0 Å². The molecule has 7 heteroatoms. The number of carbonyl (C=O) groups excluding carboxylic acids is 1. The minimum atomic E-state index is -2.62. The zero-order valence-corrected chi connectivity index (χ0v) is 14.0. The normalized spacial score (nSPS) is 11.2. The predicted octanol–water partition coefficient (Wildman–Crippen LogP) is 3.28. The van der Waals surface area contributed by atoms with Gasteiger partial charge in [-0.05, 0) is 17.7 Å². The summed E-state index contributed by atoms with van der Waals surface area (Å²) in [4.78, 5) is 25.5. The third kappa shape index (κ3) is 4.17. The van der Waals surface area contributed by atoms with Gasteiger partial charge in [0.25, 0.3) is 6.43 Å². The number of amides is 1. The minimum Gasteiger partial charge on any atom is -0.408 e. The van der Waals surface area contributed by atoms with Gasteiger partial charge in [-0.2, -0.15) is 0 Å². The number of nitrogens with zero attached hydrogens (tertiary/aromatic N) is 2. The lowest BCUT2D eigenvalue weighted by Gasteiger charge is -2.22. The molecule has 3 aromatic rings.